The first-order valence-corrected chi connectivity index (χ1v) is 8.70. The normalized spacial score (nSPS) is 11.5. The molecule has 1 amide bonds. The van der Waals surface area contributed by atoms with Crippen molar-refractivity contribution in [2.24, 2.45) is 0 Å². The fraction of sp³-hybridized carbons (Fsp3) is 0.316. The maximum Gasteiger partial charge on any atom is 0.269 e. The predicted octanol–water partition coefficient (Wildman–Crippen LogP) is 1.96. The van der Waals surface area contributed by atoms with Crippen LogP contribution in [0.5, 0.6) is 11.5 Å². The number of aliphatic hydroxyl groups is 1. The van der Waals surface area contributed by atoms with E-state index in [1.807, 2.05) is 0 Å². The summed E-state index contributed by atoms with van der Waals surface area (Å²) in [4.78, 5) is 21.1. The van der Waals surface area contributed by atoms with Crippen molar-refractivity contribution in [3.8, 4) is 11.5 Å². The van der Waals surface area contributed by atoms with Gasteiger partial charge in [-0.05, 0) is 36.4 Å². The number of hydrogen-bond acceptors (Lipinski definition) is 7. The quantitative estimate of drug-likeness (QED) is 0.305. The average Bonchev–Trinajstić information content (AvgIpc) is 2.67. The van der Waals surface area contributed by atoms with Crippen molar-refractivity contribution in [2.75, 3.05) is 31.6 Å². The van der Waals surface area contributed by atoms with Crippen LogP contribution in [0.2, 0.25) is 0 Å². The number of benzene rings is 2. The van der Waals surface area contributed by atoms with E-state index in [-0.39, 0.29) is 18.2 Å². The Morgan fingerprint density at radius 2 is 1.71 bits per heavy atom. The molecule has 0 saturated heterocycles. The second-order valence-electron chi connectivity index (χ2n) is 5.97. The molecule has 1 unspecified atom stereocenters. The van der Waals surface area contributed by atoms with Gasteiger partial charge in [0.25, 0.3) is 5.69 Å². The Morgan fingerprint density at radius 1 is 1.11 bits per heavy atom. The summed E-state index contributed by atoms with van der Waals surface area (Å²) in [5.41, 5.74) is 0.688. The van der Waals surface area contributed by atoms with E-state index in [0.717, 1.165) is 0 Å². The maximum absolute atomic E-state index is 11.0. The van der Waals surface area contributed by atoms with E-state index in [1.165, 1.54) is 31.2 Å². The van der Waals surface area contributed by atoms with Crippen LogP contribution < -0.4 is 20.1 Å². The first-order valence-electron chi connectivity index (χ1n) is 8.70. The summed E-state index contributed by atoms with van der Waals surface area (Å²) in [7, 11) is 0. The molecule has 0 aliphatic carbocycles. The fourth-order valence-corrected chi connectivity index (χ4v) is 2.26. The minimum absolute atomic E-state index is 0.0145. The molecule has 2 rings (SSSR count). The van der Waals surface area contributed by atoms with E-state index in [1.54, 1.807) is 24.3 Å². The molecule has 2 aromatic rings. The number of aliphatic hydroxyl groups excluding tert-OH is 1. The van der Waals surface area contributed by atoms with Crippen LogP contribution in [0.1, 0.15) is 6.92 Å². The van der Waals surface area contributed by atoms with Gasteiger partial charge >= 0.3 is 0 Å². The Labute approximate surface area is 162 Å². The number of nitrogens with zero attached hydrogens (tertiary/aromatic N) is 1. The first kappa shape index (κ1) is 21.1. The van der Waals surface area contributed by atoms with Gasteiger partial charge in [0.05, 0.1) is 4.92 Å². The molecule has 2 aromatic carbocycles. The lowest BCUT2D eigenvalue weighted by Crippen LogP contribution is -2.33. The number of nitro groups is 1. The van der Waals surface area contributed by atoms with E-state index < -0.39 is 11.0 Å². The zero-order chi connectivity index (χ0) is 20.4. The van der Waals surface area contributed by atoms with Gasteiger partial charge in [0.15, 0.2) is 0 Å². The second-order valence-corrected chi connectivity index (χ2v) is 5.97. The fourth-order valence-electron chi connectivity index (χ4n) is 2.26. The van der Waals surface area contributed by atoms with Gasteiger partial charge in [-0.25, -0.2) is 0 Å². The van der Waals surface area contributed by atoms with Crippen molar-refractivity contribution in [2.45, 2.75) is 13.0 Å². The van der Waals surface area contributed by atoms with Crippen LogP contribution >= 0.6 is 0 Å². The second kappa shape index (κ2) is 10.9. The highest BCUT2D eigenvalue weighted by Gasteiger charge is 2.07. The minimum atomic E-state index is -0.730. The minimum Gasteiger partial charge on any atom is -0.492 e. The van der Waals surface area contributed by atoms with Crippen molar-refractivity contribution >= 4 is 17.3 Å². The number of ether oxygens (including phenoxy) is 2. The zero-order valence-corrected chi connectivity index (χ0v) is 15.5. The molecule has 0 aromatic heterocycles. The lowest BCUT2D eigenvalue weighted by Gasteiger charge is -2.13. The van der Waals surface area contributed by atoms with E-state index in [2.05, 4.69) is 10.6 Å². The molecule has 1 atom stereocenters. The molecule has 0 radical (unpaired) electrons. The van der Waals surface area contributed by atoms with Crippen LogP contribution in [0.15, 0.2) is 48.5 Å². The maximum atomic E-state index is 11.0. The number of carbonyl (C=O) groups excluding carboxylic acids is 1. The van der Waals surface area contributed by atoms with Crippen LogP contribution in [0.3, 0.4) is 0 Å². The molecule has 28 heavy (non-hydrogen) atoms. The molecule has 0 aliphatic heterocycles. The number of nitro benzene ring substituents is 1. The van der Waals surface area contributed by atoms with Gasteiger partial charge in [0, 0.05) is 37.8 Å². The van der Waals surface area contributed by atoms with Crippen molar-refractivity contribution in [3.05, 3.63) is 58.6 Å². The average molecular weight is 389 g/mol. The highest BCUT2D eigenvalue weighted by Crippen LogP contribution is 2.17. The van der Waals surface area contributed by atoms with E-state index >= 15 is 0 Å². The molecular formula is C19H23N3O6. The molecule has 0 fully saturated rings. The Bertz CT molecular complexity index is 764. The van der Waals surface area contributed by atoms with Gasteiger partial charge in [-0.3, -0.25) is 14.9 Å². The van der Waals surface area contributed by atoms with Crippen LogP contribution in [-0.4, -0.2) is 48.3 Å². The molecule has 9 nitrogen and oxygen atoms in total. The van der Waals surface area contributed by atoms with E-state index in [0.29, 0.717) is 36.9 Å². The summed E-state index contributed by atoms with van der Waals surface area (Å²) in [6.07, 6.45) is -0.730. The van der Waals surface area contributed by atoms with Crippen LogP contribution in [0.4, 0.5) is 11.4 Å². The van der Waals surface area contributed by atoms with Gasteiger partial charge in [0.1, 0.15) is 30.8 Å². The molecular weight excluding hydrogens is 366 g/mol. The largest absolute Gasteiger partial charge is 0.492 e. The summed E-state index contributed by atoms with van der Waals surface area (Å²) in [5, 5.41) is 26.2. The smallest absolute Gasteiger partial charge is 0.269 e. The summed E-state index contributed by atoms with van der Waals surface area (Å²) in [6.45, 7) is 2.77. The lowest BCUT2D eigenvalue weighted by atomic mass is 10.3. The molecule has 0 heterocycles. The molecule has 0 bridgehead atoms. The van der Waals surface area contributed by atoms with E-state index in [9.17, 15) is 20.0 Å². The Kier molecular flexibility index (Phi) is 8.19. The van der Waals surface area contributed by atoms with Gasteiger partial charge < -0.3 is 25.2 Å². The van der Waals surface area contributed by atoms with E-state index in [4.69, 9.17) is 9.47 Å². The van der Waals surface area contributed by atoms with Gasteiger partial charge in [-0.1, -0.05) is 0 Å². The zero-order valence-electron chi connectivity index (χ0n) is 15.5. The number of non-ortho nitro benzene ring substituents is 1. The molecule has 150 valence electrons. The third-order valence-electron chi connectivity index (χ3n) is 3.59. The SMILES string of the molecule is CC(=O)Nc1ccc(OCCNCC(O)COc2ccc([N+](=O)[O-])cc2)cc1. The first-order chi connectivity index (χ1) is 13.4. The number of nitrogens with one attached hydrogen (secondary N) is 2. The summed E-state index contributed by atoms with van der Waals surface area (Å²) in [6, 6.07) is 12.7. The summed E-state index contributed by atoms with van der Waals surface area (Å²) in [5.74, 6) is 1.00. The van der Waals surface area contributed by atoms with Crippen LogP contribution in [-0.2, 0) is 4.79 Å². The van der Waals surface area contributed by atoms with Crippen molar-refractivity contribution in [3.63, 3.8) is 0 Å². The molecule has 0 aliphatic rings. The number of rotatable bonds is 11. The number of anilines is 1. The summed E-state index contributed by atoms with van der Waals surface area (Å²) < 4.78 is 11.0. The topological polar surface area (TPSA) is 123 Å². The highest BCUT2D eigenvalue weighted by molar-refractivity contribution is 5.88. The van der Waals surface area contributed by atoms with Crippen LogP contribution in [0, 0.1) is 10.1 Å². The van der Waals surface area contributed by atoms with Crippen molar-refractivity contribution in [1.82, 2.24) is 5.32 Å². The highest BCUT2D eigenvalue weighted by atomic mass is 16.6. The molecule has 3 N–H and O–H groups in total. The summed E-state index contributed by atoms with van der Waals surface area (Å²) >= 11 is 0. The number of amides is 1. The van der Waals surface area contributed by atoms with Gasteiger partial charge in [0.2, 0.25) is 5.91 Å². The standard InChI is InChI=1S/C19H23N3O6/c1-14(23)21-15-2-6-18(7-3-15)27-11-10-20-12-17(24)13-28-19-8-4-16(5-9-19)22(25)26/h2-9,17,20,24H,10-13H2,1H3,(H,21,23). The third kappa shape index (κ3) is 7.60. The van der Waals surface area contributed by atoms with Crippen molar-refractivity contribution < 1.29 is 24.3 Å². The lowest BCUT2D eigenvalue weighted by molar-refractivity contribution is -0.384. The molecule has 0 spiro atoms. The molecule has 9 heteroatoms. The Balaban J connectivity index is 1.58. The van der Waals surface area contributed by atoms with Gasteiger partial charge in [-0.2, -0.15) is 0 Å². The van der Waals surface area contributed by atoms with Crippen molar-refractivity contribution in [1.29, 1.82) is 0 Å². The Hall–Kier alpha value is -3.17. The number of hydrogen-bond donors (Lipinski definition) is 3. The third-order valence-corrected chi connectivity index (χ3v) is 3.59. The van der Waals surface area contributed by atoms with Gasteiger partial charge in [-0.15, -0.1) is 0 Å². The monoisotopic (exact) mass is 389 g/mol. The predicted molar refractivity (Wildman–Crippen MR) is 104 cm³/mol. The van der Waals surface area contributed by atoms with Crippen LogP contribution in [0.25, 0.3) is 0 Å². The number of carbonyl (C=O) groups is 1. The Morgan fingerprint density at radius 3 is 2.32 bits per heavy atom. The molecule has 0 saturated carbocycles.